The number of hydrogen-bond donors (Lipinski definition) is 1. The third-order valence-corrected chi connectivity index (χ3v) is 4.86. The molecule has 0 radical (unpaired) electrons. The second-order valence-corrected chi connectivity index (χ2v) is 7.14. The molecule has 1 N–H and O–H groups in total. The fraction of sp³-hybridized carbons (Fsp3) is 0.261. The normalized spacial score (nSPS) is 10.6. The summed E-state index contributed by atoms with van der Waals surface area (Å²) in [7, 11) is 3.32. The van der Waals surface area contributed by atoms with E-state index in [4.69, 9.17) is 5.10 Å². The number of carbonyl (C=O) groups excluding carboxylic acids is 2. The largest absolute Gasteiger partial charge is 0.347 e. The van der Waals surface area contributed by atoms with Gasteiger partial charge in [-0.05, 0) is 30.5 Å². The van der Waals surface area contributed by atoms with E-state index in [2.05, 4.69) is 12.2 Å². The van der Waals surface area contributed by atoms with Crippen LogP contribution in [0.4, 0.5) is 0 Å². The lowest BCUT2D eigenvalue weighted by molar-refractivity contribution is -0.127. The molecule has 0 aliphatic carbocycles. The summed E-state index contributed by atoms with van der Waals surface area (Å²) in [6.45, 7) is 4.04. The molecule has 0 fully saturated rings. The quantitative estimate of drug-likeness (QED) is 0.703. The van der Waals surface area contributed by atoms with E-state index in [1.54, 1.807) is 25.0 Å². The zero-order valence-electron chi connectivity index (χ0n) is 17.3. The number of rotatable bonds is 6. The summed E-state index contributed by atoms with van der Waals surface area (Å²) < 4.78 is 1.72. The lowest BCUT2D eigenvalue weighted by Gasteiger charge is -2.11. The molecule has 0 unspecified atom stereocenters. The molecule has 3 aromatic rings. The molecule has 0 spiro atoms. The van der Waals surface area contributed by atoms with E-state index in [1.807, 2.05) is 55.5 Å². The monoisotopic (exact) mass is 390 g/mol. The lowest BCUT2D eigenvalue weighted by Crippen LogP contribution is -2.36. The number of aryl methyl sites for hydroxylation is 2. The smallest absolute Gasteiger partial charge is 0.255 e. The van der Waals surface area contributed by atoms with E-state index in [1.165, 1.54) is 10.5 Å². The minimum absolute atomic E-state index is 0.0599. The topological polar surface area (TPSA) is 67.2 Å². The minimum atomic E-state index is -0.324. The van der Waals surface area contributed by atoms with Crippen molar-refractivity contribution in [3.63, 3.8) is 0 Å². The van der Waals surface area contributed by atoms with Crippen molar-refractivity contribution in [1.82, 2.24) is 20.0 Å². The summed E-state index contributed by atoms with van der Waals surface area (Å²) in [5.41, 5.74) is 5.06. The molecular formula is C23H26N4O2. The fourth-order valence-electron chi connectivity index (χ4n) is 3.00. The summed E-state index contributed by atoms with van der Waals surface area (Å²) in [4.78, 5) is 26.2. The first kappa shape index (κ1) is 20.3. The van der Waals surface area contributed by atoms with Crippen LogP contribution in [-0.2, 0) is 11.2 Å². The van der Waals surface area contributed by atoms with Crippen molar-refractivity contribution in [2.45, 2.75) is 20.3 Å². The van der Waals surface area contributed by atoms with Crippen LogP contribution in [0.3, 0.4) is 0 Å². The van der Waals surface area contributed by atoms with Crippen LogP contribution < -0.4 is 5.32 Å². The summed E-state index contributed by atoms with van der Waals surface area (Å²) in [5.74, 6) is -0.493. The SMILES string of the molecule is CCc1ccc(-c2nn(-c3ccccc3C)cc2C(=O)NCC(=O)N(C)C)cc1. The molecule has 1 heterocycles. The molecule has 0 aliphatic rings. The van der Waals surface area contributed by atoms with Crippen molar-refractivity contribution in [2.24, 2.45) is 0 Å². The van der Waals surface area contributed by atoms with Crippen LogP contribution in [0.1, 0.15) is 28.4 Å². The number of hydrogen-bond acceptors (Lipinski definition) is 3. The van der Waals surface area contributed by atoms with Gasteiger partial charge in [-0.25, -0.2) is 4.68 Å². The maximum Gasteiger partial charge on any atom is 0.255 e. The van der Waals surface area contributed by atoms with Crippen molar-refractivity contribution >= 4 is 11.8 Å². The Hall–Kier alpha value is -3.41. The molecule has 1 aromatic heterocycles. The Morgan fingerprint density at radius 1 is 1.07 bits per heavy atom. The number of aromatic nitrogens is 2. The zero-order chi connectivity index (χ0) is 21.0. The first-order valence-electron chi connectivity index (χ1n) is 9.64. The van der Waals surface area contributed by atoms with Gasteiger partial charge < -0.3 is 10.2 Å². The van der Waals surface area contributed by atoms with Crippen molar-refractivity contribution in [3.05, 3.63) is 71.4 Å². The van der Waals surface area contributed by atoms with E-state index in [0.29, 0.717) is 11.3 Å². The van der Waals surface area contributed by atoms with E-state index in [0.717, 1.165) is 23.2 Å². The van der Waals surface area contributed by atoms with Crippen molar-refractivity contribution < 1.29 is 9.59 Å². The van der Waals surface area contributed by atoms with Crippen molar-refractivity contribution in [1.29, 1.82) is 0 Å². The molecule has 0 saturated carbocycles. The molecule has 2 aromatic carbocycles. The average molecular weight is 390 g/mol. The third kappa shape index (κ3) is 4.54. The molecular weight excluding hydrogens is 364 g/mol. The number of amides is 2. The lowest BCUT2D eigenvalue weighted by atomic mass is 10.0. The zero-order valence-corrected chi connectivity index (χ0v) is 17.3. The molecule has 6 nitrogen and oxygen atoms in total. The Labute approximate surface area is 171 Å². The van der Waals surface area contributed by atoms with Crippen LogP contribution >= 0.6 is 0 Å². The minimum Gasteiger partial charge on any atom is -0.347 e. The highest BCUT2D eigenvalue weighted by Gasteiger charge is 2.20. The maximum atomic E-state index is 12.9. The number of nitrogens with one attached hydrogen (secondary N) is 1. The first-order chi connectivity index (χ1) is 13.9. The molecule has 0 bridgehead atoms. The molecule has 0 saturated heterocycles. The van der Waals surface area contributed by atoms with Crippen LogP contribution in [0.25, 0.3) is 16.9 Å². The van der Waals surface area contributed by atoms with Gasteiger partial charge >= 0.3 is 0 Å². The third-order valence-electron chi connectivity index (χ3n) is 4.86. The Balaban J connectivity index is 2.01. The average Bonchev–Trinajstić information content (AvgIpc) is 3.17. The second-order valence-electron chi connectivity index (χ2n) is 7.14. The van der Waals surface area contributed by atoms with Gasteiger partial charge in [-0.2, -0.15) is 5.10 Å². The molecule has 6 heteroatoms. The van der Waals surface area contributed by atoms with Gasteiger partial charge in [-0.3, -0.25) is 9.59 Å². The Morgan fingerprint density at radius 3 is 2.38 bits per heavy atom. The molecule has 0 aliphatic heterocycles. The van der Waals surface area contributed by atoms with E-state index in [-0.39, 0.29) is 18.4 Å². The molecule has 150 valence electrons. The Kier molecular flexibility index (Phi) is 6.12. The van der Waals surface area contributed by atoms with Crippen molar-refractivity contribution in [3.8, 4) is 16.9 Å². The second kappa shape index (κ2) is 8.73. The number of para-hydroxylation sites is 1. The first-order valence-corrected chi connectivity index (χ1v) is 9.64. The Morgan fingerprint density at radius 2 is 1.76 bits per heavy atom. The van der Waals surface area contributed by atoms with Crippen LogP contribution in [0.15, 0.2) is 54.7 Å². The van der Waals surface area contributed by atoms with Gasteiger partial charge in [0.2, 0.25) is 5.91 Å². The van der Waals surface area contributed by atoms with Gasteiger partial charge in [0.15, 0.2) is 0 Å². The highest BCUT2D eigenvalue weighted by molar-refractivity contribution is 6.01. The summed E-state index contributed by atoms with van der Waals surface area (Å²) in [5, 5.41) is 7.42. The van der Waals surface area contributed by atoms with Gasteiger partial charge in [-0.1, -0.05) is 49.4 Å². The van der Waals surface area contributed by atoms with Crippen LogP contribution in [0, 0.1) is 6.92 Å². The summed E-state index contributed by atoms with van der Waals surface area (Å²) in [6.07, 6.45) is 2.67. The van der Waals surface area contributed by atoms with Gasteiger partial charge in [-0.15, -0.1) is 0 Å². The number of benzene rings is 2. The predicted molar refractivity (Wildman–Crippen MR) is 114 cm³/mol. The highest BCUT2D eigenvalue weighted by atomic mass is 16.2. The molecule has 0 atom stereocenters. The number of carbonyl (C=O) groups is 2. The maximum absolute atomic E-state index is 12.9. The van der Waals surface area contributed by atoms with Gasteiger partial charge in [0.05, 0.1) is 17.8 Å². The summed E-state index contributed by atoms with van der Waals surface area (Å²) >= 11 is 0. The molecule has 29 heavy (non-hydrogen) atoms. The molecule has 3 rings (SSSR count). The summed E-state index contributed by atoms with van der Waals surface area (Å²) in [6, 6.07) is 15.9. The van der Waals surface area contributed by atoms with Gasteiger partial charge in [0, 0.05) is 25.9 Å². The van der Waals surface area contributed by atoms with Crippen LogP contribution in [0.5, 0.6) is 0 Å². The number of likely N-dealkylation sites (N-methyl/N-ethyl adjacent to an activating group) is 1. The standard InChI is InChI=1S/C23H26N4O2/c1-5-17-10-12-18(13-11-17)22-19(23(29)24-14-21(28)26(3)4)15-27(25-22)20-9-7-6-8-16(20)2/h6-13,15H,5,14H2,1-4H3,(H,24,29). The number of nitrogens with zero attached hydrogens (tertiary/aromatic N) is 3. The Bertz CT molecular complexity index is 1020. The van der Waals surface area contributed by atoms with E-state index in [9.17, 15) is 9.59 Å². The van der Waals surface area contributed by atoms with E-state index < -0.39 is 0 Å². The molecule has 2 amide bonds. The van der Waals surface area contributed by atoms with Crippen LogP contribution in [-0.4, -0.2) is 47.1 Å². The van der Waals surface area contributed by atoms with Gasteiger partial charge in [0.1, 0.15) is 5.69 Å². The van der Waals surface area contributed by atoms with Gasteiger partial charge in [0.25, 0.3) is 5.91 Å². The van der Waals surface area contributed by atoms with Crippen LogP contribution in [0.2, 0.25) is 0 Å². The van der Waals surface area contributed by atoms with Crippen molar-refractivity contribution in [2.75, 3.05) is 20.6 Å². The predicted octanol–water partition coefficient (Wildman–Crippen LogP) is 3.23. The fourth-order valence-corrected chi connectivity index (χ4v) is 3.00. The van der Waals surface area contributed by atoms with E-state index >= 15 is 0 Å². The highest BCUT2D eigenvalue weighted by Crippen LogP contribution is 2.25.